The molecule has 0 atom stereocenters. The van der Waals surface area contributed by atoms with E-state index in [9.17, 15) is 14.3 Å². The molecule has 0 radical (unpaired) electrons. The molecule has 0 aliphatic rings. The SMILES string of the molecule is O=C(OCc1ccccc1)N(Cc1ccccc1O)c1ccc(F)cc1. The van der Waals surface area contributed by atoms with Gasteiger partial charge in [0.1, 0.15) is 18.2 Å². The molecular formula is C21H18FNO3. The zero-order valence-electron chi connectivity index (χ0n) is 14.0. The van der Waals surface area contributed by atoms with Gasteiger partial charge in [-0.05, 0) is 35.9 Å². The van der Waals surface area contributed by atoms with Gasteiger partial charge in [0.2, 0.25) is 0 Å². The van der Waals surface area contributed by atoms with Crippen molar-refractivity contribution in [3.05, 3.63) is 95.8 Å². The number of para-hydroxylation sites is 1. The fourth-order valence-electron chi connectivity index (χ4n) is 2.49. The molecule has 0 bridgehead atoms. The maximum Gasteiger partial charge on any atom is 0.414 e. The Morgan fingerprint density at radius 3 is 2.27 bits per heavy atom. The van der Waals surface area contributed by atoms with Crippen molar-refractivity contribution in [3.63, 3.8) is 0 Å². The Hall–Kier alpha value is -3.34. The number of aromatic hydroxyl groups is 1. The number of phenols is 1. The van der Waals surface area contributed by atoms with Gasteiger partial charge in [-0.3, -0.25) is 4.90 Å². The number of halogens is 1. The van der Waals surface area contributed by atoms with Gasteiger partial charge in [0.15, 0.2) is 0 Å². The topological polar surface area (TPSA) is 49.8 Å². The zero-order chi connectivity index (χ0) is 18.4. The molecule has 0 saturated heterocycles. The molecule has 3 aromatic carbocycles. The van der Waals surface area contributed by atoms with Crippen LogP contribution in [0.5, 0.6) is 5.75 Å². The van der Waals surface area contributed by atoms with Gasteiger partial charge in [0, 0.05) is 11.3 Å². The molecule has 0 aliphatic carbocycles. The summed E-state index contributed by atoms with van der Waals surface area (Å²) >= 11 is 0. The summed E-state index contributed by atoms with van der Waals surface area (Å²) in [6.45, 7) is 0.226. The molecule has 0 spiro atoms. The molecule has 0 saturated carbocycles. The molecule has 0 aliphatic heterocycles. The Labute approximate surface area is 151 Å². The number of nitrogens with zero attached hydrogens (tertiary/aromatic N) is 1. The third kappa shape index (κ3) is 4.39. The van der Waals surface area contributed by atoms with Crippen LogP contribution in [0.1, 0.15) is 11.1 Å². The van der Waals surface area contributed by atoms with Crippen LogP contribution in [0.2, 0.25) is 0 Å². The van der Waals surface area contributed by atoms with Gasteiger partial charge in [-0.1, -0.05) is 48.5 Å². The van der Waals surface area contributed by atoms with Crippen LogP contribution in [-0.2, 0) is 17.9 Å². The first-order valence-corrected chi connectivity index (χ1v) is 8.14. The van der Waals surface area contributed by atoms with Crippen LogP contribution in [0.25, 0.3) is 0 Å². The number of amides is 1. The van der Waals surface area contributed by atoms with Gasteiger partial charge in [0.05, 0.1) is 6.54 Å². The lowest BCUT2D eigenvalue weighted by Gasteiger charge is -2.23. The first kappa shape index (κ1) is 17.5. The molecule has 4 nitrogen and oxygen atoms in total. The number of hydrogen-bond acceptors (Lipinski definition) is 3. The van der Waals surface area contributed by atoms with E-state index in [0.717, 1.165) is 5.56 Å². The fourth-order valence-corrected chi connectivity index (χ4v) is 2.49. The molecule has 0 heterocycles. The normalized spacial score (nSPS) is 10.3. The second-order valence-corrected chi connectivity index (χ2v) is 5.73. The molecule has 3 rings (SSSR count). The van der Waals surface area contributed by atoms with Crippen LogP contribution < -0.4 is 4.90 Å². The first-order valence-electron chi connectivity index (χ1n) is 8.14. The predicted octanol–water partition coefficient (Wildman–Crippen LogP) is 4.87. The largest absolute Gasteiger partial charge is 0.508 e. The van der Waals surface area contributed by atoms with Crippen LogP contribution in [0, 0.1) is 5.82 Å². The number of anilines is 1. The van der Waals surface area contributed by atoms with E-state index in [0.29, 0.717) is 11.3 Å². The Morgan fingerprint density at radius 1 is 0.923 bits per heavy atom. The number of phenolic OH excluding ortho intramolecular Hbond substituents is 1. The van der Waals surface area contributed by atoms with Crippen molar-refractivity contribution in [1.82, 2.24) is 0 Å². The molecule has 0 unspecified atom stereocenters. The summed E-state index contributed by atoms with van der Waals surface area (Å²) in [5, 5.41) is 10.0. The molecule has 1 N–H and O–H groups in total. The smallest absolute Gasteiger partial charge is 0.414 e. The van der Waals surface area contributed by atoms with Crippen molar-refractivity contribution < 1.29 is 19.0 Å². The van der Waals surface area contributed by atoms with Crippen molar-refractivity contribution in [1.29, 1.82) is 0 Å². The third-order valence-electron chi connectivity index (χ3n) is 3.88. The average molecular weight is 351 g/mol. The number of hydrogen-bond donors (Lipinski definition) is 1. The number of rotatable bonds is 5. The van der Waals surface area contributed by atoms with Gasteiger partial charge in [0.25, 0.3) is 0 Å². The third-order valence-corrected chi connectivity index (χ3v) is 3.88. The molecule has 26 heavy (non-hydrogen) atoms. The maximum absolute atomic E-state index is 13.2. The van der Waals surface area contributed by atoms with Crippen LogP contribution in [-0.4, -0.2) is 11.2 Å². The summed E-state index contributed by atoms with van der Waals surface area (Å²) in [6.07, 6.45) is -0.580. The summed E-state index contributed by atoms with van der Waals surface area (Å²) in [5.41, 5.74) is 1.91. The summed E-state index contributed by atoms with van der Waals surface area (Å²) in [5.74, 6) is -0.315. The van der Waals surface area contributed by atoms with Crippen molar-refractivity contribution in [3.8, 4) is 5.75 Å². The summed E-state index contributed by atoms with van der Waals surface area (Å²) < 4.78 is 18.6. The Kier molecular flexibility index (Phi) is 5.49. The summed E-state index contributed by atoms with van der Waals surface area (Å²) in [6, 6.07) is 21.6. The fraction of sp³-hybridized carbons (Fsp3) is 0.0952. The predicted molar refractivity (Wildman–Crippen MR) is 97.3 cm³/mol. The minimum Gasteiger partial charge on any atom is -0.508 e. The highest BCUT2D eigenvalue weighted by Gasteiger charge is 2.19. The Balaban J connectivity index is 1.81. The minimum absolute atomic E-state index is 0.0791. The van der Waals surface area contributed by atoms with Gasteiger partial charge in [-0.25, -0.2) is 9.18 Å². The Morgan fingerprint density at radius 2 is 1.58 bits per heavy atom. The summed E-state index contributed by atoms with van der Waals surface area (Å²) in [7, 11) is 0. The number of carbonyl (C=O) groups excluding carboxylic acids is 1. The second kappa shape index (κ2) is 8.16. The lowest BCUT2D eigenvalue weighted by Crippen LogP contribution is -2.31. The van der Waals surface area contributed by atoms with E-state index < -0.39 is 11.9 Å². The summed E-state index contributed by atoms with van der Waals surface area (Å²) in [4.78, 5) is 14.0. The minimum atomic E-state index is -0.580. The quantitative estimate of drug-likeness (QED) is 0.713. The molecule has 3 aromatic rings. The molecule has 1 amide bonds. The lowest BCUT2D eigenvalue weighted by molar-refractivity contribution is 0.146. The van der Waals surface area contributed by atoms with Crippen LogP contribution in [0.15, 0.2) is 78.9 Å². The van der Waals surface area contributed by atoms with Gasteiger partial charge in [-0.2, -0.15) is 0 Å². The van der Waals surface area contributed by atoms with E-state index in [-0.39, 0.29) is 18.9 Å². The number of benzene rings is 3. The Bertz CT molecular complexity index is 866. The molecule has 5 heteroatoms. The van der Waals surface area contributed by atoms with E-state index in [4.69, 9.17) is 4.74 Å². The van der Waals surface area contributed by atoms with E-state index in [2.05, 4.69) is 0 Å². The van der Waals surface area contributed by atoms with Gasteiger partial charge >= 0.3 is 6.09 Å². The molecular weight excluding hydrogens is 333 g/mol. The number of ether oxygens (including phenoxy) is 1. The van der Waals surface area contributed by atoms with Crippen molar-refractivity contribution >= 4 is 11.8 Å². The maximum atomic E-state index is 13.2. The van der Waals surface area contributed by atoms with Crippen molar-refractivity contribution in [2.45, 2.75) is 13.2 Å². The highest BCUT2D eigenvalue weighted by molar-refractivity contribution is 5.87. The molecule has 132 valence electrons. The number of carbonyl (C=O) groups is 1. The lowest BCUT2D eigenvalue weighted by atomic mass is 10.2. The van der Waals surface area contributed by atoms with E-state index in [1.807, 2.05) is 30.3 Å². The van der Waals surface area contributed by atoms with E-state index in [1.165, 1.54) is 29.2 Å². The van der Waals surface area contributed by atoms with Crippen molar-refractivity contribution in [2.24, 2.45) is 0 Å². The van der Waals surface area contributed by atoms with Crippen molar-refractivity contribution in [2.75, 3.05) is 4.90 Å². The second-order valence-electron chi connectivity index (χ2n) is 5.73. The highest BCUT2D eigenvalue weighted by Crippen LogP contribution is 2.23. The van der Waals surface area contributed by atoms with E-state index in [1.54, 1.807) is 24.3 Å². The average Bonchev–Trinajstić information content (AvgIpc) is 2.67. The monoisotopic (exact) mass is 351 g/mol. The molecule has 0 fully saturated rings. The first-order chi connectivity index (χ1) is 12.6. The van der Waals surface area contributed by atoms with E-state index >= 15 is 0 Å². The standard InChI is InChI=1S/C21H18FNO3/c22-18-10-12-19(13-11-18)23(14-17-8-4-5-9-20(17)24)21(25)26-15-16-6-2-1-3-7-16/h1-13,24H,14-15H2. The van der Waals surface area contributed by atoms with Gasteiger partial charge < -0.3 is 9.84 Å². The van der Waals surface area contributed by atoms with Crippen LogP contribution in [0.3, 0.4) is 0 Å². The highest BCUT2D eigenvalue weighted by atomic mass is 19.1. The van der Waals surface area contributed by atoms with Crippen LogP contribution >= 0.6 is 0 Å². The zero-order valence-corrected chi connectivity index (χ0v) is 14.0. The van der Waals surface area contributed by atoms with Gasteiger partial charge in [-0.15, -0.1) is 0 Å². The molecule has 0 aromatic heterocycles. The van der Waals surface area contributed by atoms with Crippen LogP contribution in [0.4, 0.5) is 14.9 Å².